The predicted octanol–water partition coefficient (Wildman–Crippen LogP) is 2.49. The molecule has 2 aromatic rings. The number of ether oxygens (including phenoxy) is 1. The van der Waals surface area contributed by atoms with Crippen molar-refractivity contribution in [2.45, 2.75) is 18.4 Å². The number of nitrogen functional groups attached to an aromatic ring is 1. The van der Waals surface area contributed by atoms with Crippen molar-refractivity contribution in [3.05, 3.63) is 47.4 Å². The molecule has 1 amide bonds. The average Bonchev–Trinajstić information content (AvgIpc) is 2.85. The molecule has 5 nitrogen and oxygen atoms in total. The van der Waals surface area contributed by atoms with E-state index in [1.54, 1.807) is 24.8 Å². The molecule has 0 fully saturated rings. The van der Waals surface area contributed by atoms with Gasteiger partial charge in [0.25, 0.3) is 5.91 Å². The smallest absolute Gasteiger partial charge is 0.268 e. The van der Waals surface area contributed by atoms with Crippen molar-refractivity contribution in [3.63, 3.8) is 0 Å². The second kappa shape index (κ2) is 6.49. The molecule has 0 saturated heterocycles. The van der Waals surface area contributed by atoms with Crippen molar-refractivity contribution in [1.82, 2.24) is 5.43 Å². The van der Waals surface area contributed by atoms with Crippen LogP contribution < -0.4 is 16.0 Å². The molecule has 0 aliphatic carbocycles. The Kier molecular flexibility index (Phi) is 4.70. The summed E-state index contributed by atoms with van der Waals surface area (Å²) in [5, 5.41) is 0. The second-order valence-electron chi connectivity index (χ2n) is 4.10. The number of aryl methyl sites for hydroxylation is 1. The molecule has 0 aliphatic heterocycles. The van der Waals surface area contributed by atoms with E-state index >= 15 is 0 Å². The maximum absolute atomic E-state index is 11.5. The lowest BCUT2D eigenvalue weighted by Gasteiger charge is -2.07. The molecule has 0 unspecified atom stereocenters. The van der Waals surface area contributed by atoms with Crippen LogP contribution in [0.15, 0.2) is 39.6 Å². The lowest BCUT2D eigenvalue weighted by atomic mass is 10.2. The van der Waals surface area contributed by atoms with Crippen LogP contribution in [0.5, 0.6) is 5.75 Å². The zero-order valence-corrected chi connectivity index (χ0v) is 12.1. The first kappa shape index (κ1) is 14.5. The van der Waals surface area contributed by atoms with Crippen molar-refractivity contribution < 1.29 is 13.9 Å². The molecule has 0 spiro atoms. The summed E-state index contributed by atoms with van der Waals surface area (Å²) in [4.78, 5) is 12.5. The zero-order chi connectivity index (χ0) is 14.5. The molecule has 6 heteroatoms. The number of thioether (sulfide) groups is 1. The van der Waals surface area contributed by atoms with Crippen LogP contribution in [0, 0.1) is 6.92 Å². The highest BCUT2D eigenvalue weighted by atomic mass is 32.2. The number of benzene rings is 1. The first-order chi connectivity index (χ1) is 9.65. The van der Waals surface area contributed by atoms with E-state index in [9.17, 15) is 4.79 Å². The zero-order valence-electron chi connectivity index (χ0n) is 11.3. The molecule has 1 aromatic carbocycles. The summed E-state index contributed by atoms with van der Waals surface area (Å²) in [6.07, 6.45) is 1.99. The van der Waals surface area contributed by atoms with Crippen molar-refractivity contribution in [2.75, 3.05) is 6.26 Å². The lowest BCUT2D eigenvalue weighted by molar-refractivity contribution is 0.0952. The first-order valence-electron chi connectivity index (χ1n) is 6.01. The summed E-state index contributed by atoms with van der Waals surface area (Å²) < 4.78 is 11.2. The number of carbonyl (C=O) groups excluding carboxylic acids is 1. The molecule has 0 bridgehead atoms. The van der Waals surface area contributed by atoms with Gasteiger partial charge in [-0.1, -0.05) is 12.1 Å². The minimum atomic E-state index is -0.373. The highest BCUT2D eigenvalue weighted by Crippen LogP contribution is 2.28. The van der Waals surface area contributed by atoms with Gasteiger partial charge in [0.15, 0.2) is 0 Å². The molecule has 0 atom stereocenters. The number of carbonyl (C=O) groups is 1. The van der Waals surface area contributed by atoms with Gasteiger partial charge < -0.3 is 9.15 Å². The van der Waals surface area contributed by atoms with Crippen molar-refractivity contribution in [3.8, 4) is 5.75 Å². The molecule has 20 heavy (non-hydrogen) atoms. The van der Waals surface area contributed by atoms with E-state index in [0.717, 1.165) is 10.6 Å². The number of hydrazine groups is 1. The number of rotatable bonds is 5. The van der Waals surface area contributed by atoms with Crippen molar-refractivity contribution in [1.29, 1.82) is 0 Å². The number of amides is 1. The highest BCUT2D eigenvalue weighted by molar-refractivity contribution is 7.98. The third-order valence-corrected chi connectivity index (χ3v) is 3.56. The Morgan fingerprint density at radius 3 is 2.90 bits per heavy atom. The van der Waals surface area contributed by atoms with E-state index in [1.807, 2.05) is 30.5 Å². The molecule has 0 radical (unpaired) electrons. The van der Waals surface area contributed by atoms with Gasteiger partial charge in [0.1, 0.15) is 23.9 Å². The minimum absolute atomic E-state index is 0.260. The van der Waals surface area contributed by atoms with Crippen LogP contribution in [-0.4, -0.2) is 12.2 Å². The van der Waals surface area contributed by atoms with Crippen LogP contribution in [0.4, 0.5) is 0 Å². The average molecular weight is 292 g/mol. The van der Waals surface area contributed by atoms with Gasteiger partial charge in [-0.3, -0.25) is 10.2 Å². The number of nitrogens with two attached hydrogens (primary N) is 1. The van der Waals surface area contributed by atoms with Gasteiger partial charge in [-0.2, -0.15) is 0 Å². The first-order valence-corrected chi connectivity index (χ1v) is 7.24. The summed E-state index contributed by atoms with van der Waals surface area (Å²) in [6, 6.07) is 9.39. The van der Waals surface area contributed by atoms with Crippen LogP contribution in [0.1, 0.15) is 21.9 Å². The Balaban J connectivity index is 2.10. The molecular formula is C14H16N2O3S. The maximum atomic E-state index is 11.5. The van der Waals surface area contributed by atoms with Gasteiger partial charge in [0, 0.05) is 4.90 Å². The van der Waals surface area contributed by atoms with E-state index in [2.05, 4.69) is 5.43 Å². The number of para-hydroxylation sites is 1. The fourth-order valence-corrected chi connectivity index (χ4v) is 2.35. The predicted molar refractivity (Wildman–Crippen MR) is 77.7 cm³/mol. The van der Waals surface area contributed by atoms with Crippen LogP contribution in [0.3, 0.4) is 0 Å². The third kappa shape index (κ3) is 3.15. The fraction of sp³-hybridized carbons (Fsp3) is 0.214. The monoisotopic (exact) mass is 292 g/mol. The van der Waals surface area contributed by atoms with Gasteiger partial charge in [0.2, 0.25) is 0 Å². The van der Waals surface area contributed by atoms with Crippen LogP contribution in [0.25, 0.3) is 0 Å². The SMILES string of the molecule is CSc1ccccc1OCc1cc(C(=O)NN)c(C)o1. The molecule has 106 valence electrons. The second-order valence-corrected chi connectivity index (χ2v) is 4.94. The number of nitrogens with one attached hydrogen (secondary N) is 1. The Hall–Kier alpha value is -1.92. The Bertz CT molecular complexity index is 610. The molecule has 0 saturated carbocycles. The summed E-state index contributed by atoms with van der Waals surface area (Å²) in [5.74, 6) is 6.63. The topological polar surface area (TPSA) is 77.5 Å². The Morgan fingerprint density at radius 2 is 2.20 bits per heavy atom. The number of hydrogen-bond acceptors (Lipinski definition) is 5. The summed E-state index contributed by atoms with van der Waals surface area (Å²) in [7, 11) is 0. The quantitative estimate of drug-likeness (QED) is 0.383. The largest absolute Gasteiger partial charge is 0.484 e. The molecule has 3 N–H and O–H groups in total. The minimum Gasteiger partial charge on any atom is -0.484 e. The van der Waals surface area contributed by atoms with Crippen molar-refractivity contribution in [2.24, 2.45) is 5.84 Å². The van der Waals surface area contributed by atoms with Crippen LogP contribution in [-0.2, 0) is 6.61 Å². The van der Waals surface area contributed by atoms with Gasteiger partial charge >= 0.3 is 0 Å². The molecule has 0 aliphatic rings. The van der Waals surface area contributed by atoms with Crippen LogP contribution >= 0.6 is 11.8 Å². The molecular weight excluding hydrogens is 276 g/mol. The standard InChI is InChI=1S/C14H16N2O3S/c1-9-11(14(17)16-15)7-10(19-9)8-18-12-5-3-4-6-13(12)20-2/h3-7H,8,15H2,1-2H3,(H,16,17). The third-order valence-electron chi connectivity index (χ3n) is 2.78. The Morgan fingerprint density at radius 1 is 1.45 bits per heavy atom. The molecule has 2 rings (SSSR count). The van der Waals surface area contributed by atoms with Crippen LogP contribution in [0.2, 0.25) is 0 Å². The van der Waals surface area contributed by atoms with E-state index in [1.165, 1.54) is 0 Å². The Labute approximate surface area is 121 Å². The lowest BCUT2D eigenvalue weighted by Crippen LogP contribution is -2.30. The summed E-state index contributed by atoms with van der Waals surface area (Å²) >= 11 is 1.61. The molecule has 1 aromatic heterocycles. The van der Waals surface area contributed by atoms with Gasteiger partial charge in [-0.15, -0.1) is 11.8 Å². The number of furan rings is 1. The number of hydrogen-bond donors (Lipinski definition) is 2. The normalized spacial score (nSPS) is 10.3. The van der Waals surface area contributed by atoms with E-state index in [4.69, 9.17) is 15.0 Å². The summed E-state index contributed by atoms with van der Waals surface area (Å²) in [6.45, 7) is 1.97. The molecule has 1 heterocycles. The van der Waals surface area contributed by atoms with Gasteiger partial charge in [-0.05, 0) is 31.4 Å². The van der Waals surface area contributed by atoms with Crippen molar-refractivity contribution >= 4 is 17.7 Å². The van der Waals surface area contributed by atoms with Gasteiger partial charge in [-0.25, -0.2) is 5.84 Å². The van der Waals surface area contributed by atoms with E-state index < -0.39 is 0 Å². The van der Waals surface area contributed by atoms with Gasteiger partial charge in [0.05, 0.1) is 5.56 Å². The highest BCUT2D eigenvalue weighted by Gasteiger charge is 2.14. The fourth-order valence-electron chi connectivity index (χ4n) is 1.80. The summed E-state index contributed by atoms with van der Waals surface area (Å²) in [5.41, 5.74) is 2.50. The maximum Gasteiger partial charge on any atom is 0.268 e. The van der Waals surface area contributed by atoms with E-state index in [0.29, 0.717) is 17.1 Å². The van der Waals surface area contributed by atoms with E-state index in [-0.39, 0.29) is 12.5 Å².